The normalized spacial score (nSPS) is 18.2. The van der Waals surface area contributed by atoms with E-state index >= 15 is 0 Å². The smallest absolute Gasteiger partial charge is 0.238 e. The summed E-state index contributed by atoms with van der Waals surface area (Å²) in [6.45, 7) is 8.56. The molecule has 1 saturated heterocycles. The Hall–Kier alpha value is -1.36. The summed E-state index contributed by atoms with van der Waals surface area (Å²) < 4.78 is 5.12. The largest absolute Gasteiger partial charge is 0.359 e. The lowest BCUT2D eigenvalue weighted by Gasteiger charge is -2.35. The molecule has 1 atom stereocenters. The van der Waals surface area contributed by atoms with E-state index in [9.17, 15) is 4.79 Å². The van der Waals surface area contributed by atoms with Gasteiger partial charge < -0.3 is 9.84 Å². The number of carbonyl (C=O) groups is 1. The molecular formula is C15H25N3O2. The number of likely N-dealkylation sites (tertiary alicyclic amines) is 1. The van der Waals surface area contributed by atoms with E-state index < -0.39 is 0 Å². The van der Waals surface area contributed by atoms with Crippen molar-refractivity contribution in [1.82, 2.24) is 15.4 Å². The van der Waals surface area contributed by atoms with E-state index in [1.54, 1.807) is 0 Å². The number of aromatic nitrogens is 1. The molecule has 0 unspecified atom stereocenters. The third-order valence-electron chi connectivity index (χ3n) is 3.80. The zero-order chi connectivity index (χ0) is 14.5. The van der Waals surface area contributed by atoms with Gasteiger partial charge in [-0.25, -0.2) is 0 Å². The van der Waals surface area contributed by atoms with Crippen LogP contribution in [0.25, 0.3) is 0 Å². The first kappa shape index (κ1) is 15.0. The summed E-state index contributed by atoms with van der Waals surface area (Å²) in [7, 11) is 0. The number of piperidine rings is 1. The average molecular weight is 279 g/mol. The third-order valence-corrected chi connectivity index (χ3v) is 3.80. The molecule has 0 aliphatic carbocycles. The van der Waals surface area contributed by atoms with Crippen molar-refractivity contribution in [3.8, 4) is 0 Å². The maximum atomic E-state index is 12.4. The van der Waals surface area contributed by atoms with Gasteiger partial charge in [-0.2, -0.15) is 0 Å². The summed E-state index contributed by atoms with van der Waals surface area (Å²) in [5.41, 5.74) is 0.839. The first-order valence-electron chi connectivity index (χ1n) is 7.52. The summed E-state index contributed by atoms with van der Waals surface area (Å²) in [5.74, 6) is 1.11. The van der Waals surface area contributed by atoms with Crippen molar-refractivity contribution >= 4 is 5.91 Å². The Morgan fingerprint density at radius 2 is 2.10 bits per heavy atom. The molecule has 5 nitrogen and oxygen atoms in total. The number of rotatable bonds is 5. The Balaban J connectivity index is 1.92. The Morgan fingerprint density at radius 3 is 2.65 bits per heavy atom. The minimum Gasteiger partial charge on any atom is -0.359 e. The SMILES string of the molecule is Cc1cc(CNC(=O)[C@@H](C(C)C)N2CCCCC2)on1. The minimum absolute atomic E-state index is 0.0423. The highest BCUT2D eigenvalue weighted by atomic mass is 16.5. The van der Waals surface area contributed by atoms with Crippen molar-refractivity contribution in [2.45, 2.75) is 52.6 Å². The zero-order valence-electron chi connectivity index (χ0n) is 12.7. The number of amides is 1. The van der Waals surface area contributed by atoms with Gasteiger partial charge in [-0.05, 0) is 38.8 Å². The van der Waals surface area contributed by atoms with E-state index in [4.69, 9.17) is 4.52 Å². The van der Waals surface area contributed by atoms with Crippen LogP contribution in [0.5, 0.6) is 0 Å². The van der Waals surface area contributed by atoms with Crippen LogP contribution in [-0.4, -0.2) is 35.1 Å². The number of hydrogen-bond donors (Lipinski definition) is 1. The van der Waals surface area contributed by atoms with Crippen molar-refractivity contribution < 1.29 is 9.32 Å². The van der Waals surface area contributed by atoms with Crippen LogP contribution >= 0.6 is 0 Å². The quantitative estimate of drug-likeness (QED) is 0.897. The molecule has 1 N–H and O–H groups in total. The average Bonchev–Trinajstić information content (AvgIpc) is 2.83. The molecule has 1 amide bonds. The highest BCUT2D eigenvalue weighted by Gasteiger charge is 2.29. The first-order chi connectivity index (χ1) is 9.58. The summed E-state index contributed by atoms with van der Waals surface area (Å²) in [4.78, 5) is 14.8. The standard InChI is InChI=1S/C15H25N3O2/c1-11(2)14(18-7-5-4-6-8-18)15(19)16-10-13-9-12(3)17-20-13/h9,11,14H,4-8,10H2,1-3H3,(H,16,19)/t14-/m1/s1. The van der Waals surface area contributed by atoms with Crippen LogP contribution in [0.2, 0.25) is 0 Å². The number of hydrogen-bond acceptors (Lipinski definition) is 4. The second-order valence-electron chi connectivity index (χ2n) is 5.94. The molecule has 1 aromatic heterocycles. The number of nitrogens with one attached hydrogen (secondary N) is 1. The molecule has 2 heterocycles. The highest BCUT2D eigenvalue weighted by molar-refractivity contribution is 5.82. The van der Waals surface area contributed by atoms with Crippen LogP contribution in [0.1, 0.15) is 44.6 Å². The number of carbonyl (C=O) groups excluding carboxylic acids is 1. The van der Waals surface area contributed by atoms with Crippen molar-refractivity contribution in [3.05, 3.63) is 17.5 Å². The molecular weight excluding hydrogens is 254 g/mol. The van der Waals surface area contributed by atoms with Gasteiger partial charge in [0.1, 0.15) is 0 Å². The highest BCUT2D eigenvalue weighted by Crippen LogP contribution is 2.18. The van der Waals surface area contributed by atoms with Gasteiger partial charge in [0.05, 0.1) is 18.3 Å². The van der Waals surface area contributed by atoms with Crippen LogP contribution in [0.15, 0.2) is 10.6 Å². The topological polar surface area (TPSA) is 58.4 Å². The van der Waals surface area contributed by atoms with E-state index in [0.29, 0.717) is 18.2 Å². The molecule has 0 saturated carbocycles. The molecule has 2 rings (SSSR count). The number of aryl methyl sites for hydroxylation is 1. The molecule has 112 valence electrons. The lowest BCUT2D eigenvalue weighted by atomic mass is 9.98. The number of nitrogens with zero attached hydrogens (tertiary/aromatic N) is 2. The molecule has 1 aliphatic rings. The third kappa shape index (κ3) is 3.82. The van der Waals surface area contributed by atoms with E-state index in [1.807, 2.05) is 13.0 Å². The molecule has 1 fully saturated rings. The predicted molar refractivity (Wildman–Crippen MR) is 77.1 cm³/mol. The Labute approximate surface area is 120 Å². The Kier molecular flexibility index (Phi) is 5.17. The summed E-state index contributed by atoms with van der Waals surface area (Å²) in [6, 6.07) is 1.81. The van der Waals surface area contributed by atoms with E-state index in [-0.39, 0.29) is 11.9 Å². The van der Waals surface area contributed by atoms with Gasteiger partial charge >= 0.3 is 0 Å². The summed E-state index contributed by atoms with van der Waals surface area (Å²) in [6.07, 6.45) is 3.66. The molecule has 20 heavy (non-hydrogen) atoms. The van der Waals surface area contributed by atoms with Gasteiger partial charge in [0.15, 0.2) is 5.76 Å². The fraction of sp³-hybridized carbons (Fsp3) is 0.733. The van der Waals surface area contributed by atoms with Gasteiger partial charge in [0, 0.05) is 6.07 Å². The van der Waals surface area contributed by atoms with Gasteiger partial charge in [0.25, 0.3) is 0 Å². The Bertz CT molecular complexity index is 436. The van der Waals surface area contributed by atoms with Gasteiger partial charge in [-0.15, -0.1) is 0 Å². The first-order valence-corrected chi connectivity index (χ1v) is 7.52. The van der Waals surface area contributed by atoms with Gasteiger partial charge in [0.2, 0.25) is 5.91 Å². The molecule has 0 aromatic carbocycles. The lowest BCUT2D eigenvalue weighted by Crippen LogP contribution is -2.51. The zero-order valence-corrected chi connectivity index (χ0v) is 12.7. The fourth-order valence-corrected chi connectivity index (χ4v) is 2.87. The van der Waals surface area contributed by atoms with E-state index in [1.165, 1.54) is 19.3 Å². The minimum atomic E-state index is -0.0423. The molecule has 0 spiro atoms. The van der Waals surface area contributed by atoms with Crippen LogP contribution < -0.4 is 5.32 Å². The summed E-state index contributed by atoms with van der Waals surface area (Å²) in [5, 5.41) is 6.80. The van der Waals surface area contributed by atoms with Gasteiger partial charge in [-0.1, -0.05) is 25.4 Å². The predicted octanol–water partition coefficient (Wildman–Crippen LogP) is 2.11. The molecule has 5 heteroatoms. The molecule has 0 radical (unpaired) electrons. The van der Waals surface area contributed by atoms with Gasteiger partial charge in [-0.3, -0.25) is 9.69 Å². The Morgan fingerprint density at radius 1 is 1.40 bits per heavy atom. The fourth-order valence-electron chi connectivity index (χ4n) is 2.87. The van der Waals surface area contributed by atoms with Crippen molar-refractivity contribution in [2.75, 3.05) is 13.1 Å². The van der Waals surface area contributed by atoms with Crippen LogP contribution in [0.4, 0.5) is 0 Å². The monoisotopic (exact) mass is 279 g/mol. The van der Waals surface area contributed by atoms with Crippen LogP contribution in [-0.2, 0) is 11.3 Å². The second kappa shape index (κ2) is 6.88. The molecule has 0 bridgehead atoms. The van der Waals surface area contributed by atoms with Crippen LogP contribution in [0, 0.1) is 12.8 Å². The van der Waals surface area contributed by atoms with Crippen molar-refractivity contribution in [1.29, 1.82) is 0 Å². The maximum absolute atomic E-state index is 12.4. The summed E-state index contributed by atoms with van der Waals surface area (Å²) >= 11 is 0. The lowest BCUT2D eigenvalue weighted by molar-refractivity contribution is -0.128. The van der Waals surface area contributed by atoms with Crippen LogP contribution in [0.3, 0.4) is 0 Å². The second-order valence-corrected chi connectivity index (χ2v) is 5.94. The molecule has 1 aliphatic heterocycles. The van der Waals surface area contributed by atoms with Crippen molar-refractivity contribution in [2.24, 2.45) is 5.92 Å². The van der Waals surface area contributed by atoms with E-state index in [0.717, 1.165) is 18.8 Å². The van der Waals surface area contributed by atoms with Crippen molar-refractivity contribution in [3.63, 3.8) is 0 Å². The molecule has 1 aromatic rings. The maximum Gasteiger partial charge on any atom is 0.238 e. The van der Waals surface area contributed by atoms with E-state index in [2.05, 4.69) is 29.2 Å².